The molecule has 4 nitrogen and oxygen atoms in total. The molecule has 0 radical (unpaired) electrons. The third-order valence-corrected chi connectivity index (χ3v) is 4.29. The molecule has 6 heteroatoms. The first-order valence-electron chi connectivity index (χ1n) is 7.01. The first-order valence-corrected chi connectivity index (χ1v) is 7.39. The van der Waals surface area contributed by atoms with Crippen LogP contribution in [-0.2, 0) is 13.6 Å². The van der Waals surface area contributed by atoms with Crippen LogP contribution in [0.3, 0.4) is 0 Å². The molecule has 0 saturated carbocycles. The van der Waals surface area contributed by atoms with Crippen LogP contribution < -0.4 is 5.32 Å². The Morgan fingerprint density at radius 2 is 2.33 bits per heavy atom. The molecule has 1 aliphatic heterocycles. The normalized spacial score (nSPS) is 19.9. The molecule has 1 aromatic carbocycles. The summed E-state index contributed by atoms with van der Waals surface area (Å²) in [5.74, 6) is 0.731. The molecular formula is C15H18ClFN4. The van der Waals surface area contributed by atoms with Gasteiger partial charge in [0.2, 0.25) is 0 Å². The van der Waals surface area contributed by atoms with Gasteiger partial charge in [-0.3, -0.25) is 4.90 Å². The van der Waals surface area contributed by atoms with Gasteiger partial charge in [-0.15, -0.1) is 0 Å². The molecule has 1 aliphatic rings. The minimum Gasteiger partial charge on any atom is -0.337 e. The summed E-state index contributed by atoms with van der Waals surface area (Å²) in [6, 6.07) is 4.95. The molecule has 1 aromatic heterocycles. The average Bonchev–Trinajstić information content (AvgIpc) is 2.90. The molecule has 112 valence electrons. The Labute approximate surface area is 128 Å². The predicted molar refractivity (Wildman–Crippen MR) is 80.6 cm³/mol. The number of rotatable bonds is 3. The third-order valence-electron chi connectivity index (χ3n) is 3.93. The van der Waals surface area contributed by atoms with E-state index in [0.29, 0.717) is 17.1 Å². The molecule has 3 rings (SSSR count). The average molecular weight is 309 g/mol. The number of halogens is 2. The second-order valence-corrected chi connectivity index (χ2v) is 5.69. The summed E-state index contributed by atoms with van der Waals surface area (Å²) >= 11 is 6.15. The number of hydrogen-bond acceptors (Lipinski definition) is 3. The van der Waals surface area contributed by atoms with E-state index in [-0.39, 0.29) is 11.9 Å². The Morgan fingerprint density at radius 1 is 1.48 bits per heavy atom. The van der Waals surface area contributed by atoms with Crippen molar-refractivity contribution in [2.24, 2.45) is 7.05 Å². The summed E-state index contributed by atoms with van der Waals surface area (Å²) in [5.41, 5.74) is 0.556. The van der Waals surface area contributed by atoms with Gasteiger partial charge in [0.15, 0.2) is 0 Å². The van der Waals surface area contributed by atoms with Crippen LogP contribution in [0.15, 0.2) is 30.6 Å². The monoisotopic (exact) mass is 308 g/mol. The lowest BCUT2D eigenvalue weighted by Gasteiger charge is -2.35. The van der Waals surface area contributed by atoms with E-state index >= 15 is 0 Å². The molecule has 2 heterocycles. The van der Waals surface area contributed by atoms with E-state index in [4.69, 9.17) is 11.6 Å². The highest BCUT2D eigenvalue weighted by Crippen LogP contribution is 2.26. The molecule has 1 N–H and O–H groups in total. The van der Waals surface area contributed by atoms with Gasteiger partial charge in [-0.05, 0) is 12.1 Å². The summed E-state index contributed by atoms with van der Waals surface area (Å²) in [7, 11) is 1.98. The zero-order valence-electron chi connectivity index (χ0n) is 11.9. The SMILES string of the molecule is Cn1ccnc1C1CNCCN1Cc1c(F)cccc1Cl. The van der Waals surface area contributed by atoms with Crippen LogP contribution in [0.2, 0.25) is 5.02 Å². The second-order valence-electron chi connectivity index (χ2n) is 5.29. The highest BCUT2D eigenvalue weighted by molar-refractivity contribution is 6.31. The largest absolute Gasteiger partial charge is 0.337 e. The van der Waals surface area contributed by atoms with E-state index in [1.54, 1.807) is 18.3 Å². The maximum atomic E-state index is 14.0. The van der Waals surface area contributed by atoms with E-state index in [1.165, 1.54) is 6.07 Å². The Balaban J connectivity index is 1.87. The summed E-state index contributed by atoms with van der Waals surface area (Å²) in [6.45, 7) is 3.01. The maximum Gasteiger partial charge on any atom is 0.129 e. The minimum absolute atomic E-state index is 0.120. The van der Waals surface area contributed by atoms with Crippen molar-refractivity contribution in [3.63, 3.8) is 0 Å². The molecule has 0 amide bonds. The number of aromatic nitrogens is 2. The van der Waals surface area contributed by atoms with Crippen LogP contribution in [0.25, 0.3) is 0 Å². The van der Waals surface area contributed by atoms with Crippen LogP contribution in [0.1, 0.15) is 17.4 Å². The van der Waals surface area contributed by atoms with Crippen LogP contribution >= 0.6 is 11.6 Å². The lowest BCUT2D eigenvalue weighted by Crippen LogP contribution is -2.46. The summed E-state index contributed by atoms with van der Waals surface area (Å²) in [5, 5.41) is 3.85. The van der Waals surface area contributed by atoms with Gasteiger partial charge in [0, 0.05) is 56.2 Å². The number of piperazine rings is 1. The molecule has 21 heavy (non-hydrogen) atoms. The summed E-state index contributed by atoms with van der Waals surface area (Å²) in [4.78, 5) is 6.66. The van der Waals surface area contributed by atoms with E-state index in [2.05, 4.69) is 15.2 Å². The lowest BCUT2D eigenvalue weighted by atomic mass is 10.1. The van der Waals surface area contributed by atoms with Crippen LogP contribution in [0.4, 0.5) is 4.39 Å². The molecular weight excluding hydrogens is 291 g/mol. The lowest BCUT2D eigenvalue weighted by molar-refractivity contribution is 0.143. The third kappa shape index (κ3) is 2.95. The Hall–Kier alpha value is -1.43. The van der Waals surface area contributed by atoms with E-state index in [9.17, 15) is 4.39 Å². The van der Waals surface area contributed by atoms with Crippen molar-refractivity contribution in [1.82, 2.24) is 19.8 Å². The van der Waals surface area contributed by atoms with Crippen molar-refractivity contribution in [2.75, 3.05) is 19.6 Å². The highest BCUT2D eigenvalue weighted by Gasteiger charge is 2.27. The molecule has 0 aliphatic carbocycles. The number of aryl methyl sites for hydroxylation is 1. The van der Waals surface area contributed by atoms with Crippen molar-refractivity contribution in [3.05, 3.63) is 52.8 Å². The molecule has 0 bridgehead atoms. The van der Waals surface area contributed by atoms with Gasteiger partial charge >= 0.3 is 0 Å². The van der Waals surface area contributed by atoms with Gasteiger partial charge in [0.05, 0.1) is 6.04 Å². The Morgan fingerprint density at radius 3 is 3.05 bits per heavy atom. The topological polar surface area (TPSA) is 33.1 Å². The molecule has 1 unspecified atom stereocenters. The maximum absolute atomic E-state index is 14.0. The fraction of sp³-hybridized carbons (Fsp3) is 0.400. The van der Waals surface area contributed by atoms with Crippen molar-refractivity contribution in [3.8, 4) is 0 Å². The molecule has 1 fully saturated rings. The quantitative estimate of drug-likeness (QED) is 0.945. The van der Waals surface area contributed by atoms with Crippen molar-refractivity contribution in [1.29, 1.82) is 0 Å². The van der Waals surface area contributed by atoms with E-state index in [1.807, 2.05) is 17.8 Å². The van der Waals surface area contributed by atoms with Crippen LogP contribution in [0, 0.1) is 5.82 Å². The van der Waals surface area contributed by atoms with E-state index < -0.39 is 0 Å². The summed E-state index contributed by atoms with van der Waals surface area (Å²) < 4.78 is 16.0. The van der Waals surface area contributed by atoms with Crippen molar-refractivity contribution < 1.29 is 4.39 Å². The standard InChI is InChI=1S/C15H18ClFN4/c1-20-7-6-19-15(20)14-9-18-5-8-21(14)10-11-12(16)3-2-4-13(11)17/h2-4,6-7,14,18H,5,8-10H2,1H3. The van der Waals surface area contributed by atoms with Gasteiger partial charge in [-0.25, -0.2) is 9.37 Å². The highest BCUT2D eigenvalue weighted by atomic mass is 35.5. The number of hydrogen-bond donors (Lipinski definition) is 1. The smallest absolute Gasteiger partial charge is 0.129 e. The fourth-order valence-electron chi connectivity index (χ4n) is 2.77. The fourth-order valence-corrected chi connectivity index (χ4v) is 3.00. The minimum atomic E-state index is -0.250. The van der Waals surface area contributed by atoms with Gasteiger partial charge < -0.3 is 9.88 Å². The van der Waals surface area contributed by atoms with Gasteiger partial charge in [0.25, 0.3) is 0 Å². The van der Waals surface area contributed by atoms with E-state index in [0.717, 1.165) is 25.5 Å². The molecule has 0 spiro atoms. The van der Waals surface area contributed by atoms with Crippen molar-refractivity contribution in [2.45, 2.75) is 12.6 Å². The second kappa shape index (κ2) is 6.13. The summed E-state index contributed by atoms with van der Waals surface area (Å²) in [6.07, 6.45) is 3.72. The Kier molecular flexibility index (Phi) is 4.24. The zero-order valence-corrected chi connectivity index (χ0v) is 12.6. The molecule has 2 aromatic rings. The van der Waals surface area contributed by atoms with Gasteiger partial charge in [-0.2, -0.15) is 0 Å². The number of benzene rings is 1. The first-order chi connectivity index (χ1) is 10.2. The number of nitrogens with zero attached hydrogens (tertiary/aromatic N) is 3. The first kappa shape index (κ1) is 14.5. The van der Waals surface area contributed by atoms with Gasteiger partial charge in [0.1, 0.15) is 11.6 Å². The predicted octanol–water partition coefficient (Wildman–Crippen LogP) is 2.36. The molecule has 1 atom stereocenters. The Bertz CT molecular complexity index is 608. The number of nitrogens with one attached hydrogen (secondary N) is 1. The zero-order chi connectivity index (χ0) is 14.8. The van der Waals surface area contributed by atoms with Crippen LogP contribution in [-0.4, -0.2) is 34.1 Å². The molecule has 1 saturated heterocycles. The van der Waals surface area contributed by atoms with Crippen LogP contribution in [0.5, 0.6) is 0 Å². The van der Waals surface area contributed by atoms with Gasteiger partial charge in [-0.1, -0.05) is 17.7 Å². The van der Waals surface area contributed by atoms with Crippen molar-refractivity contribution >= 4 is 11.6 Å². The number of imidazole rings is 1.